The molecule has 0 fully saturated rings. The maximum Gasteiger partial charge on any atom is 0.318 e. The molecule has 0 aliphatic heterocycles. The number of aromatic hydroxyl groups is 1. The second-order valence-corrected chi connectivity index (χ2v) is 3.21. The number of phenolic OH excluding ortho intramolecular Hbond substituents is 1. The summed E-state index contributed by atoms with van der Waals surface area (Å²) in [5.41, 5.74) is 1.50. The van der Waals surface area contributed by atoms with Crippen molar-refractivity contribution in [3.05, 3.63) is 37.9 Å². The molecule has 0 saturated carbocycles. The smallest absolute Gasteiger partial charge is 0.318 e. The Labute approximate surface area is 93.8 Å². The van der Waals surface area contributed by atoms with Gasteiger partial charge in [-0.15, -0.1) is 0 Å². The molecule has 1 amide bonds. The zero-order valence-corrected chi connectivity index (χ0v) is 8.45. The quantitative estimate of drug-likeness (QED) is 0.537. The number of amides is 1. The van der Waals surface area contributed by atoms with Gasteiger partial charge in [0.1, 0.15) is 0 Å². The molecule has 9 nitrogen and oxygen atoms in total. The highest BCUT2D eigenvalue weighted by Gasteiger charge is 2.26. The lowest BCUT2D eigenvalue weighted by Crippen LogP contribution is -2.57. The molecule has 1 rings (SSSR count). The van der Waals surface area contributed by atoms with Crippen molar-refractivity contribution in [2.24, 2.45) is 0 Å². The SMILES string of the molecule is [NH3+]C(=O)Cc1cc([N+](=O)[O-])c(O)c([N+](=O)[O-])c1. The Hall–Kier alpha value is -2.55. The number of rotatable bonds is 4. The first-order valence-electron chi connectivity index (χ1n) is 4.32. The molecule has 0 radical (unpaired) electrons. The molecular weight excluding hydrogens is 234 g/mol. The fraction of sp³-hybridized carbons (Fsp3) is 0.125. The standard InChI is InChI=1S/C8H7N3O6/c9-7(12)3-4-1-5(10(14)15)8(13)6(2-4)11(16)17/h1-2,13H,3H2,(H2,9,12)/p+1. The van der Waals surface area contributed by atoms with E-state index in [1.807, 2.05) is 0 Å². The van der Waals surface area contributed by atoms with E-state index >= 15 is 0 Å². The van der Waals surface area contributed by atoms with Crippen molar-refractivity contribution in [3.63, 3.8) is 0 Å². The maximum atomic E-state index is 10.7. The molecule has 0 aliphatic rings. The molecule has 0 unspecified atom stereocenters. The third-order valence-corrected chi connectivity index (χ3v) is 1.92. The number of nitrogens with zero attached hydrogens (tertiary/aromatic N) is 2. The van der Waals surface area contributed by atoms with Gasteiger partial charge in [0.15, 0.2) is 0 Å². The van der Waals surface area contributed by atoms with E-state index in [9.17, 15) is 30.1 Å². The van der Waals surface area contributed by atoms with Crippen LogP contribution in [0.2, 0.25) is 0 Å². The first-order chi connectivity index (χ1) is 7.82. The lowest BCUT2D eigenvalue weighted by Gasteiger charge is -2.01. The Bertz CT molecular complexity index is 477. The van der Waals surface area contributed by atoms with E-state index in [0.29, 0.717) is 0 Å². The number of carbonyl (C=O) groups is 1. The molecular formula is C8H8N3O6+. The third-order valence-electron chi connectivity index (χ3n) is 1.92. The van der Waals surface area contributed by atoms with Crippen molar-refractivity contribution in [2.75, 3.05) is 0 Å². The second-order valence-electron chi connectivity index (χ2n) is 3.21. The summed E-state index contributed by atoms with van der Waals surface area (Å²) in [6.07, 6.45) is -0.276. The average Bonchev–Trinajstić information content (AvgIpc) is 2.18. The summed E-state index contributed by atoms with van der Waals surface area (Å²) in [4.78, 5) is 29.9. The van der Waals surface area contributed by atoms with Crippen LogP contribution in [-0.4, -0.2) is 20.9 Å². The number of quaternary nitrogens is 1. The summed E-state index contributed by atoms with van der Waals surface area (Å²) in [6.45, 7) is 0. The van der Waals surface area contributed by atoms with E-state index in [0.717, 1.165) is 12.1 Å². The summed E-state index contributed by atoms with van der Waals surface area (Å²) < 4.78 is 0. The van der Waals surface area contributed by atoms with Gasteiger partial charge in [-0.25, -0.2) is 4.79 Å². The van der Waals surface area contributed by atoms with Gasteiger partial charge in [-0.2, -0.15) is 0 Å². The number of hydrogen-bond donors (Lipinski definition) is 2. The minimum Gasteiger partial charge on any atom is -0.497 e. The van der Waals surface area contributed by atoms with Crippen LogP contribution in [-0.2, 0) is 11.2 Å². The van der Waals surface area contributed by atoms with Crippen LogP contribution in [0.15, 0.2) is 12.1 Å². The lowest BCUT2D eigenvalue weighted by molar-refractivity contribution is -0.396. The van der Waals surface area contributed by atoms with Crippen molar-refractivity contribution < 1.29 is 25.5 Å². The highest BCUT2D eigenvalue weighted by molar-refractivity contribution is 5.71. The Morgan fingerprint density at radius 1 is 1.24 bits per heavy atom. The van der Waals surface area contributed by atoms with Gasteiger partial charge < -0.3 is 5.11 Å². The van der Waals surface area contributed by atoms with Crippen molar-refractivity contribution in [1.29, 1.82) is 0 Å². The van der Waals surface area contributed by atoms with Crippen molar-refractivity contribution in [2.45, 2.75) is 6.42 Å². The zero-order valence-electron chi connectivity index (χ0n) is 8.45. The van der Waals surface area contributed by atoms with E-state index in [2.05, 4.69) is 5.73 Å². The highest BCUT2D eigenvalue weighted by Crippen LogP contribution is 2.36. The molecule has 9 heteroatoms. The predicted octanol–water partition coefficient (Wildman–Crippen LogP) is -0.480. The van der Waals surface area contributed by atoms with E-state index in [-0.39, 0.29) is 12.0 Å². The Morgan fingerprint density at radius 2 is 1.65 bits per heavy atom. The highest BCUT2D eigenvalue weighted by atomic mass is 16.6. The molecule has 1 aromatic rings. The fourth-order valence-corrected chi connectivity index (χ4v) is 1.27. The monoisotopic (exact) mass is 242 g/mol. The van der Waals surface area contributed by atoms with Crippen LogP contribution in [0, 0.1) is 20.2 Å². The van der Waals surface area contributed by atoms with Crippen molar-refractivity contribution >= 4 is 17.3 Å². The number of nitro groups is 2. The largest absolute Gasteiger partial charge is 0.497 e. The zero-order chi connectivity index (χ0) is 13.2. The average molecular weight is 242 g/mol. The Morgan fingerprint density at radius 3 is 1.94 bits per heavy atom. The molecule has 4 N–H and O–H groups in total. The number of carbonyl (C=O) groups excluding carboxylic acids is 1. The van der Waals surface area contributed by atoms with Crippen LogP contribution >= 0.6 is 0 Å². The van der Waals surface area contributed by atoms with Gasteiger partial charge >= 0.3 is 17.3 Å². The van der Waals surface area contributed by atoms with Crippen LogP contribution in [0.25, 0.3) is 0 Å². The minimum absolute atomic E-state index is 0.0567. The Balaban J connectivity index is 3.41. The van der Waals surface area contributed by atoms with Gasteiger partial charge in [0.2, 0.25) is 0 Å². The molecule has 0 spiro atoms. The molecule has 0 heterocycles. The van der Waals surface area contributed by atoms with Crippen molar-refractivity contribution in [1.82, 2.24) is 0 Å². The number of phenols is 1. The fourth-order valence-electron chi connectivity index (χ4n) is 1.27. The summed E-state index contributed by atoms with van der Waals surface area (Å²) in [6, 6.07) is 1.82. The predicted molar refractivity (Wildman–Crippen MR) is 53.0 cm³/mol. The van der Waals surface area contributed by atoms with Gasteiger partial charge in [-0.1, -0.05) is 0 Å². The van der Waals surface area contributed by atoms with Crippen LogP contribution < -0.4 is 5.73 Å². The van der Waals surface area contributed by atoms with Gasteiger partial charge in [0.05, 0.1) is 16.3 Å². The topological polar surface area (TPSA) is 151 Å². The maximum absolute atomic E-state index is 10.7. The molecule has 0 bridgehead atoms. The van der Waals surface area contributed by atoms with E-state index in [1.54, 1.807) is 0 Å². The molecule has 90 valence electrons. The molecule has 0 aromatic heterocycles. The van der Waals surface area contributed by atoms with Crippen LogP contribution in [0.1, 0.15) is 5.56 Å². The minimum atomic E-state index is -1.03. The van der Waals surface area contributed by atoms with Gasteiger partial charge in [0.25, 0.3) is 5.75 Å². The summed E-state index contributed by atoms with van der Waals surface area (Å²) in [7, 11) is 0. The lowest BCUT2D eigenvalue weighted by atomic mass is 10.1. The van der Waals surface area contributed by atoms with E-state index in [1.165, 1.54) is 0 Å². The first-order valence-corrected chi connectivity index (χ1v) is 4.32. The Kier molecular flexibility index (Phi) is 3.34. The molecule has 1 aromatic carbocycles. The number of hydrogen-bond acceptors (Lipinski definition) is 6. The molecule has 0 atom stereocenters. The number of benzene rings is 1. The second kappa shape index (κ2) is 4.53. The summed E-state index contributed by atoms with van der Waals surface area (Å²) in [5, 5.41) is 30.4. The molecule has 17 heavy (non-hydrogen) atoms. The third kappa shape index (κ3) is 2.72. The van der Waals surface area contributed by atoms with Crippen LogP contribution in [0.4, 0.5) is 11.4 Å². The normalized spacial score (nSPS) is 9.94. The van der Waals surface area contributed by atoms with Gasteiger partial charge in [-0.05, 0) is 5.56 Å². The molecule has 0 saturated heterocycles. The van der Waals surface area contributed by atoms with E-state index < -0.39 is 32.9 Å². The van der Waals surface area contributed by atoms with Gasteiger partial charge in [0, 0.05) is 12.1 Å². The van der Waals surface area contributed by atoms with Crippen LogP contribution in [0.5, 0.6) is 5.75 Å². The van der Waals surface area contributed by atoms with Gasteiger partial charge in [-0.3, -0.25) is 26.0 Å². The summed E-state index contributed by atoms with van der Waals surface area (Å²) in [5.74, 6) is -1.57. The summed E-state index contributed by atoms with van der Waals surface area (Å²) >= 11 is 0. The number of nitro benzene ring substituents is 2. The van der Waals surface area contributed by atoms with E-state index in [4.69, 9.17) is 0 Å². The van der Waals surface area contributed by atoms with Crippen LogP contribution in [0.3, 0.4) is 0 Å². The molecule has 0 aliphatic carbocycles. The van der Waals surface area contributed by atoms with Crippen molar-refractivity contribution in [3.8, 4) is 5.75 Å². The first kappa shape index (κ1) is 12.5.